The summed E-state index contributed by atoms with van der Waals surface area (Å²) >= 11 is 0. The number of primary amides is 1. The Balaban J connectivity index is 0.000000244. The van der Waals surface area contributed by atoms with Crippen LogP contribution in [-0.4, -0.2) is 31.6 Å². The second-order valence-electron chi connectivity index (χ2n) is 8.29. The number of aliphatic carboxylic acids is 1. The fourth-order valence-corrected chi connectivity index (χ4v) is 3.72. The van der Waals surface area contributed by atoms with Crippen molar-refractivity contribution in [1.29, 1.82) is 0 Å². The lowest BCUT2D eigenvalue weighted by molar-refractivity contribution is -0.138. The van der Waals surface area contributed by atoms with E-state index in [0.717, 1.165) is 6.07 Å². The number of hydrogen-bond acceptors (Lipinski definition) is 4. The molecule has 8 nitrogen and oxygen atoms in total. The van der Waals surface area contributed by atoms with Gasteiger partial charge in [0, 0.05) is 30.1 Å². The first kappa shape index (κ1) is 27.1. The van der Waals surface area contributed by atoms with E-state index in [1.165, 1.54) is 42.8 Å². The van der Waals surface area contributed by atoms with Crippen molar-refractivity contribution in [2.75, 3.05) is 0 Å². The molecule has 0 aliphatic carbocycles. The molecule has 0 aliphatic rings. The number of halogens is 3. The number of amides is 1. The lowest BCUT2D eigenvalue weighted by atomic mass is 9.98. The van der Waals surface area contributed by atoms with Crippen LogP contribution in [-0.2, 0) is 24.4 Å². The number of alkyl halides is 3. The van der Waals surface area contributed by atoms with Crippen molar-refractivity contribution in [3.05, 3.63) is 87.5 Å². The van der Waals surface area contributed by atoms with Gasteiger partial charge in [0.05, 0.1) is 11.1 Å². The Morgan fingerprint density at radius 2 is 1.70 bits per heavy atom. The number of carbonyl (C=O) groups is 2. The molecule has 5 N–H and O–H groups in total. The zero-order valence-electron chi connectivity index (χ0n) is 19.9. The number of carbonyl (C=O) groups excluding carboxylic acids is 1. The summed E-state index contributed by atoms with van der Waals surface area (Å²) in [5.74, 6) is -1.69. The van der Waals surface area contributed by atoms with E-state index in [2.05, 4.69) is 4.98 Å². The van der Waals surface area contributed by atoms with Gasteiger partial charge in [0.25, 0.3) is 11.5 Å². The smallest absolute Gasteiger partial charge is 0.417 e. The third-order valence-corrected chi connectivity index (χ3v) is 5.77. The number of aromatic nitrogens is 2. The van der Waals surface area contributed by atoms with E-state index >= 15 is 0 Å². The molecule has 4 rings (SSSR count). The number of carboxylic acids is 1. The Labute approximate surface area is 208 Å². The van der Waals surface area contributed by atoms with Crippen LogP contribution in [0.5, 0.6) is 5.75 Å². The summed E-state index contributed by atoms with van der Waals surface area (Å²) < 4.78 is 41.1. The molecular weight excluding hydrogens is 491 g/mol. The average Bonchev–Trinajstić information content (AvgIpc) is 3.18. The lowest BCUT2D eigenvalue weighted by Crippen LogP contribution is -2.25. The van der Waals surface area contributed by atoms with Crippen molar-refractivity contribution < 1.29 is 33.0 Å². The van der Waals surface area contributed by atoms with Gasteiger partial charge >= 0.3 is 12.1 Å². The SMILES string of the molecule is Cc1cc(C(F)(F)F)c(-c2ccc(CCC(=O)O)cc2)c(=O)n1C.NC(=O)c1[nH]c2ccccc2c1O. The summed E-state index contributed by atoms with van der Waals surface area (Å²) in [6.07, 6.45) is -4.44. The maximum absolute atomic E-state index is 13.3. The molecule has 0 fully saturated rings. The average molecular weight is 515 g/mol. The van der Waals surface area contributed by atoms with Crippen LogP contribution in [0.2, 0.25) is 0 Å². The first-order valence-corrected chi connectivity index (χ1v) is 11.0. The molecule has 2 aromatic carbocycles. The second kappa shape index (κ2) is 10.6. The molecule has 0 bridgehead atoms. The van der Waals surface area contributed by atoms with Gasteiger partial charge in [0.1, 0.15) is 5.69 Å². The van der Waals surface area contributed by atoms with Crippen LogP contribution < -0.4 is 11.3 Å². The van der Waals surface area contributed by atoms with Crippen LogP contribution in [0.15, 0.2) is 59.4 Å². The van der Waals surface area contributed by atoms with Crippen LogP contribution in [0.25, 0.3) is 22.0 Å². The van der Waals surface area contributed by atoms with Gasteiger partial charge in [0.15, 0.2) is 5.75 Å². The Bertz CT molecular complexity index is 1520. The third-order valence-electron chi connectivity index (χ3n) is 5.77. The fraction of sp³-hybridized carbons (Fsp3) is 0.192. The number of pyridine rings is 1. The minimum atomic E-state index is -4.64. The predicted molar refractivity (Wildman–Crippen MR) is 131 cm³/mol. The molecule has 1 amide bonds. The van der Waals surface area contributed by atoms with Crippen molar-refractivity contribution >= 4 is 22.8 Å². The number of hydrogen-bond donors (Lipinski definition) is 4. The van der Waals surface area contributed by atoms with E-state index in [4.69, 9.17) is 10.8 Å². The summed E-state index contributed by atoms with van der Waals surface area (Å²) in [6.45, 7) is 1.44. The number of nitrogens with two attached hydrogens (primary N) is 1. The summed E-state index contributed by atoms with van der Waals surface area (Å²) in [6, 6.07) is 13.9. The molecule has 37 heavy (non-hydrogen) atoms. The molecule has 2 aromatic heterocycles. The number of fused-ring (bicyclic) bond motifs is 1. The van der Waals surface area contributed by atoms with Crippen molar-refractivity contribution in [3.63, 3.8) is 0 Å². The van der Waals surface area contributed by atoms with Gasteiger partial charge in [-0.15, -0.1) is 0 Å². The molecule has 0 aliphatic heterocycles. The number of para-hydroxylation sites is 1. The van der Waals surface area contributed by atoms with Gasteiger partial charge in [-0.3, -0.25) is 14.4 Å². The highest BCUT2D eigenvalue weighted by atomic mass is 19.4. The molecule has 0 unspecified atom stereocenters. The number of H-pyrrole nitrogens is 1. The van der Waals surface area contributed by atoms with Crippen LogP contribution in [0.1, 0.15) is 33.7 Å². The molecule has 11 heteroatoms. The monoisotopic (exact) mass is 515 g/mol. The van der Waals surface area contributed by atoms with E-state index < -0.39 is 34.7 Å². The molecule has 2 heterocycles. The van der Waals surface area contributed by atoms with Gasteiger partial charge in [-0.1, -0.05) is 36.4 Å². The highest BCUT2D eigenvalue weighted by molar-refractivity contribution is 6.02. The first-order chi connectivity index (χ1) is 17.3. The standard InChI is InChI=1S/C17H16F3NO3.C9H8N2O2/c1-10-9-13(17(18,19)20)15(16(24)21(10)2)12-6-3-11(4-7-12)5-8-14(22)23;10-9(13)7-8(12)5-3-1-2-4-6(5)11-7/h3-4,6-7,9H,5,8H2,1-2H3,(H,22,23);1-4,11-12H,(H2,10,13). The topological polar surface area (TPSA) is 138 Å². The van der Waals surface area contributed by atoms with Crippen LogP contribution in [0, 0.1) is 6.92 Å². The Morgan fingerprint density at radius 1 is 1.08 bits per heavy atom. The van der Waals surface area contributed by atoms with Crippen molar-refractivity contribution in [1.82, 2.24) is 9.55 Å². The van der Waals surface area contributed by atoms with Gasteiger partial charge in [-0.25, -0.2) is 0 Å². The largest absolute Gasteiger partial charge is 0.505 e. The van der Waals surface area contributed by atoms with Gasteiger partial charge in [-0.05, 0) is 42.7 Å². The molecule has 0 saturated carbocycles. The number of nitrogens with zero attached hydrogens (tertiary/aromatic N) is 1. The lowest BCUT2D eigenvalue weighted by Gasteiger charge is -2.16. The van der Waals surface area contributed by atoms with Gasteiger partial charge in [-0.2, -0.15) is 13.2 Å². The van der Waals surface area contributed by atoms with Crippen LogP contribution in [0.3, 0.4) is 0 Å². The Morgan fingerprint density at radius 3 is 2.24 bits per heavy atom. The minimum absolute atomic E-state index is 0.0567. The number of rotatable bonds is 5. The molecule has 0 radical (unpaired) electrons. The van der Waals surface area contributed by atoms with Crippen molar-refractivity contribution in [2.45, 2.75) is 25.9 Å². The molecule has 4 aromatic rings. The predicted octanol–water partition coefficient (Wildman–Crippen LogP) is 4.37. The zero-order chi connectivity index (χ0) is 27.5. The molecule has 0 spiro atoms. The summed E-state index contributed by atoms with van der Waals surface area (Å²) in [7, 11) is 1.42. The second-order valence-corrected chi connectivity index (χ2v) is 8.29. The van der Waals surface area contributed by atoms with E-state index in [-0.39, 0.29) is 35.5 Å². The zero-order valence-corrected chi connectivity index (χ0v) is 19.9. The van der Waals surface area contributed by atoms with Crippen LogP contribution >= 0.6 is 0 Å². The maximum Gasteiger partial charge on any atom is 0.417 e. The molecular formula is C26H24F3N3O5. The summed E-state index contributed by atoms with van der Waals surface area (Å²) in [5, 5.41) is 18.8. The van der Waals surface area contributed by atoms with Crippen LogP contribution in [0.4, 0.5) is 13.2 Å². The van der Waals surface area contributed by atoms with Gasteiger partial charge < -0.3 is 25.5 Å². The number of aromatic hydroxyl groups is 1. The van der Waals surface area contributed by atoms with E-state index in [1.54, 1.807) is 18.2 Å². The Hall–Kier alpha value is -4.54. The Kier molecular flexibility index (Phi) is 7.76. The number of aromatic amines is 1. The first-order valence-electron chi connectivity index (χ1n) is 11.0. The van der Waals surface area contributed by atoms with Crippen molar-refractivity contribution in [2.24, 2.45) is 12.8 Å². The maximum atomic E-state index is 13.3. The minimum Gasteiger partial charge on any atom is -0.505 e. The fourth-order valence-electron chi connectivity index (χ4n) is 3.72. The van der Waals surface area contributed by atoms with Gasteiger partial charge in [0.2, 0.25) is 0 Å². The number of benzene rings is 2. The van der Waals surface area contributed by atoms with E-state index in [9.17, 15) is 32.7 Å². The highest BCUT2D eigenvalue weighted by Crippen LogP contribution is 2.36. The normalized spacial score (nSPS) is 11.2. The summed E-state index contributed by atoms with van der Waals surface area (Å²) in [5.41, 5.74) is 4.76. The highest BCUT2D eigenvalue weighted by Gasteiger charge is 2.35. The summed E-state index contributed by atoms with van der Waals surface area (Å²) in [4.78, 5) is 36.5. The number of nitrogens with one attached hydrogen (secondary N) is 1. The quantitative estimate of drug-likeness (QED) is 0.313. The van der Waals surface area contributed by atoms with E-state index in [0.29, 0.717) is 16.5 Å². The third kappa shape index (κ3) is 6.00. The molecule has 194 valence electrons. The van der Waals surface area contributed by atoms with Crippen molar-refractivity contribution in [3.8, 4) is 16.9 Å². The van der Waals surface area contributed by atoms with E-state index in [1.807, 2.05) is 6.07 Å². The number of carboxylic acid groups (broad SMARTS) is 1. The molecule has 0 atom stereocenters. The number of aryl methyl sites for hydroxylation is 2. The molecule has 0 saturated heterocycles.